The number of rotatable bonds is 1. The predicted octanol–water partition coefficient (Wildman–Crippen LogP) is 4.08. The Morgan fingerprint density at radius 2 is 1.93 bits per heavy atom. The van der Waals surface area contributed by atoms with Crippen LogP contribution in [0.25, 0.3) is 27.5 Å². The topological polar surface area (TPSA) is 52.7 Å². The molecule has 5 nitrogen and oxygen atoms in total. The van der Waals surface area contributed by atoms with Crippen LogP contribution in [0.3, 0.4) is 0 Å². The van der Waals surface area contributed by atoms with Crippen LogP contribution >= 0.6 is 11.6 Å². The first-order chi connectivity index (χ1) is 12.7. The molecule has 0 bridgehead atoms. The van der Waals surface area contributed by atoms with Gasteiger partial charge in [-0.05, 0) is 24.3 Å². The molecular weight excluding hydrogens is 388 g/mol. The fraction of sp³-hybridized carbons (Fsp3) is 0.118. The van der Waals surface area contributed by atoms with Crippen LogP contribution in [0.2, 0.25) is 5.02 Å². The third-order valence-corrected chi connectivity index (χ3v) is 4.39. The Morgan fingerprint density at radius 3 is 2.63 bits per heavy atom. The zero-order valence-electron chi connectivity index (χ0n) is 13.6. The average molecular weight is 397 g/mol. The van der Waals surface area contributed by atoms with E-state index in [0.717, 1.165) is 29.0 Å². The van der Waals surface area contributed by atoms with Gasteiger partial charge in [0.2, 0.25) is 0 Å². The zero-order valence-corrected chi connectivity index (χ0v) is 14.3. The van der Waals surface area contributed by atoms with Crippen LogP contribution in [0.1, 0.15) is 5.69 Å². The number of alkyl halides is 3. The minimum atomic E-state index is -4.80. The maximum absolute atomic E-state index is 14.0. The summed E-state index contributed by atoms with van der Waals surface area (Å²) in [6.07, 6.45) is -2.33. The van der Waals surface area contributed by atoms with Crippen LogP contribution in [-0.2, 0) is 13.2 Å². The maximum atomic E-state index is 14.0. The molecule has 0 atom stereocenters. The van der Waals surface area contributed by atoms with E-state index in [2.05, 4.69) is 10.1 Å². The second kappa shape index (κ2) is 5.78. The lowest BCUT2D eigenvalue weighted by Crippen LogP contribution is -2.23. The summed E-state index contributed by atoms with van der Waals surface area (Å²) < 4.78 is 56.5. The highest BCUT2D eigenvalue weighted by Crippen LogP contribution is 2.34. The molecule has 3 heterocycles. The van der Waals surface area contributed by atoms with Crippen molar-refractivity contribution in [3.05, 3.63) is 63.5 Å². The number of fused-ring (bicyclic) bond motifs is 3. The lowest BCUT2D eigenvalue weighted by atomic mass is 10.1. The molecule has 138 valence electrons. The van der Waals surface area contributed by atoms with Crippen molar-refractivity contribution < 1.29 is 17.6 Å². The minimum Gasteiger partial charge on any atom is -0.274 e. The summed E-state index contributed by atoms with van der Waals surface area (Å²) >= 11 is 5.84. The number of benzene rings is 1. The van der Waals surface area contributed by atoms with E-state index in [0.29, 0.717) is 5.39 Å². The Kier molecular flexibility index (Phi) is 3.74. The Balaban J connectivity index is 2.27. The lowest BCUT2D eigenvalue weighted by Gasteiger charge is -2.16. The smallest absolute Gasteiger partial charge is 0.274 e. The highest BCUT2D eigenvalue weighted by molar-refractivity contribution is 6.31. The molecule has 0 N–H and O–H groups in total. The number of aromatic nitrogens is 4. The first-order valence-electron chi connectivity index (χ1n) is 7.58. The number of nitrogens with zero attached hydrogens (tertiary/aromatic N) is 4. The van der Waals surface area contributed by atoms with Crippen LogP contribution in [0.15, 0.2) is 41.5 Å². The first-order valence-corrected chi connectivity index (χ1v) is 7.96. The van der Waals surface area contributed by atoms with Crippen LogP contribution in [0, 0.1) is 5.82 Å². The van der Waals surface area contributed by atoms with Gasteiger partial charge in [0.15, 0.2) is 11.2 Å². The molecule has 0 amide bonds. The molecule has 0 aliphatic heterocycles. The van der Waals surface area contributed by atoms with Crippen molar-refractivity contribution in [2.24, 2.45) is 7.05 Å². The number of aryl methyl sites for hydroxylation is 1. The summed E-state index contributed by atoms with van der Waals surface area (Å²) in [5.74, 6) is -0.762. The normalized spacial score (nSPS) is 12.2. The van der Waals surface area contributed by atoms with E-state index >= 15 is 0 Å². The monoisotopic (exact) mass is 396 g/mol. The molecule has 0 saturated carbocycles. The first kappa shape index (κ1) is 17.5. The molecule has 0 radical (unpaired) electrons. The van der Waals surface area contributed by atoms with E-state index in [4.69, 9.17) is 11.6 Å². The van der Waals surface area contributed by atoms with Crippen LogP contribution in [0.4, 0.5) is 17.6 Å². The second-order valence-corrected chi connectivity index (χ2v) is 6.27. The maximum Gasteiger partial charge on any atom is 0.435 e. The van der Waals surface area contributed by atoms with Crippen molar-refractivity contribution in [1.29, 1.82) is 0 Å². The third-order valence-electron chi connectivity index (χ3n) is 4.10. The molecule has 1 aromatic carbocycles. The number of halogens is 5. The van der Waals surface area contributed by atoms with Gasteiger partial charge in [-0.2, -0.15) is 18.3 Å². The van der Waals surface area contributed by atoms with E-state index in [1.807, 2.05) is 0 Å². The quantitative estimate of drug-likeness (QED) is 0.455. The predicted molar refractivity (Wildman–Crippen MR) is 91.6 cm³/mol. The summed E-state index contributed by atoms with van der Waals surface area (Å²) in [4.78, 5) is 16.4. The molecule has 10 heteroatoms. The van der Waals surface area contributed by atoms with Crippen LogP contribution < -0.4 is 5.56 Å². The van der Waals surface area contributed by atoms with Gasteiger partial charge in [0, 0.05) is 30.2 Å². The van der Waals surface area contributed by atoms with Gasteiger partial charge in [0.05, 0.1) is 16.2 Å². The second-order valence-electron chi connectivity index (χ2n) is 5.86. The number of pyridine rings is 2. The van der Waals surface area contributed by atoms with Crippen molar-refractivity contribution in [1.82, 2.24) is 19.3 Å². The Bertz CT molecular complexity index is 1280. The van der Waals surface area contributed by atoms with Crippen LogP contribution in [0.5, 0.6) is 0 Å². The highest BCUT2D eigenvalue weighted by atomic mass is 35.5. The Labute approximate surface area is 153 Å². The Hall–Kier alpha value is -2.94. The summed E-state index contributed by atoms with van der Waals surface area (Å²) in [7, 11) is 1.55. The Morgan fingerprint density at radius 1 is 1.19 bits per heavy atom. The zero-order chi connectivity index (χ0) is 19.5. The molecule has 0 fully saturated rings. The largest absolute Gasteiger partial charge is 0.435 e. The van der Waals surface area contributed by atoms with E-state index in [9.17, 15) is 22.4 Å². The van der Waals surface area contributed by atoms with Gasteiger partial charge in [0.1, 0.15) is 5.82 Å². The van der Waals surface area contributed by atoms with Crippen LogP contribution in [-0.4, -0.2) is 19.3 Å². The van der Waals surface area contributed by atoms with E-state index in [1.165, 1.54) is 16.9 Å². The standard InChI is InChI=1S/C17H9ClF4N4O/c1-25-7-9-8-5-11(19)10(18)6-13(8)26(16(27)14(9)24-25)12-3-2-4-23-15(12)17(20,21)22/h2-7H,1H3. The molecule has 0 saturated heterocycles. The number of hydrogen-bond donors (Lipinski definition) is 0. The van der Waals surface area contributed by atoms with Crippen molar-refractivity contribution in [3.8, 4) is 5.69 Å². The molecule has 0 spiro atoms. The van der Waals surface area contributed by atoms with Gasteiger partial charge in [0.25, 0.3) is 5.56 Å². The van der Waals surface area contributed by atoms with E-state index in [-0.39, 0.29) is 21.4 Å². The third kappa shape index (κ3) is 2.66. The van der Waals surface area contributed by atoms with Gasteiger partial charge in [-0.15, -0.1) is 0 Å². The summed E-state index contributed by atoms with van der Waals surface area (Å²) in [5, 5.41) is 4.21. The van der Waals surface area contributed by atoms with Crippen molar-refractivity contribution in [3.63, 3.8) is 0 Å². The lowest BCUT2D eigenvalue weighted by molar-refractivity contribution is -0.141. The molecule has 4 aromatic rings. The summed E-state index contributed by atoms with van der Waals surface area (Å²) in [5.41, 5.74) is -2.60. The van der Waals surface area contributed by atoms with Gasteiger partial charge in [-0.3, -0.25) is 14.0 Å². The van der Waals surface area contributed by atoms with Gasteiger partial charge in [-0.25, -0.2) is 9.37 Å². The minimum absolute atomic E-state index is 0.0189. The van der Waals surface area contributed by atoms with Crippen molar-refractivity contribution >= 4 is 33.4 Å². The fourth-order valence-electron chi connectivity index (χ4n) is 3.03. The highest BCUT2D eigenvalue weighted by Gasteiger charge is 2.36. The molecule has 0 unspecified atom stereocenters. The summed E-state index contributed by atoms with van der Waals surface area (Å²) in [6.45, 7) is 0. The molecule has 27 heavy (non-hydrogen) atoms. The van der Waals surface area contributed by atoms with E-state index in [1.54, 1.807) is 7.05 Å². The van der Waals surface area contributed by atoms with Crippen molar-refractivity contribution in [2.75, 3.05) is 0 Å². The summed E-state index contributed by atoms with van der Waals surface area (Å²) in [6, 6.07) is 4.58. The van der Waals surface area contributed by atoms with Crippen molar-refractivity contribution in [2.45, 2.75) is 6.18 Å². The van der Waals surface area contributed by atoms with Gasteiger partial charge < -0.3 is 0 Å². The fourth-order valence-corrected chi connectivity index (χ4v) is 3.19. The molecule has 4 rings (SSSR count). The van der Waals surface area contributed by atoms with Gasteiger partial charge in [-0.1, -0.05) is 11.6 Å². The molecular formula is C17H9ClF4N4O. The molecule has 0 aliphatic rings. The number of hydrogen-bond acceptors (Lipinski definition) is 3. The SMILES string of the molecule is Cn1cc2c(n1)c(=O)n(-c1cccnc1C(F)(F)F)c1cc(Cl)c(F)cc21. The van der Waals surface area contributed by atoms with Gasteiger partial charge >= 0.3 is 6.18 Å². The van der Waals surface area contributed by atoms with E-state index < -0.39 is 28.9 Å². The molecule has 0 aliphatic carbocycles. The molecule has 3 aromatic heterocycles. The average Bonchev–Trinajstić information content (AvgIpc) is 2.99.